The summed E-state index contributed by atoms with van der Waals surface area (Å²) in [4.78, 5) is 3.50. The number of phenols is 2. The molecule has 2 N–H and O–H groups in total. The van der Waals surface area contributed by atoms with E-state index in [1.807, 2.05) is 36.0 Å². The van der Waals surface area contributed by atoms with Crippen LogP contribution in [0.3, 0.4) is 0 Å². The quantitative estimate of drug-likeness (QED) is 0.446. The molecule has 1 fully saturated rings. The molecule has 0 saturated carbocycles. The molecule has 4 nitrogen and oxygen atoms in total. The Morgan fingerprint density at radius 2 is 1.76 bits per heavy atom. The summed E-state index contributed by atoms with van der Waals surface area (Å²) in [5.41, 5.74) is 2.55. The molecule has 3 aromatic rings. The van der Waals surface area contributed by atoms with Crippen molar-refractivity contribution >= 4 is 22.9 Å². The number of allylic oxidation sites excluding steroid dienone is 1. The number of rotatable bonds is 6. The van der Waals surface area contributed by atoms with Crippen LogP contribution >= 0.6 is 11.8 Å². The summed E-state index contributed by atoms with van der Waals surface area (Å²) in [5, 5.41) is 20.4. The predicted octanol–water partition coefficient (Wildman–Crippen LogP) is 6.35. The van der Waals surface area contributed by atoms with Crippen molar-refractivity contribution in [2.75, 3.05) is 19.6 Å². The first kappa shape index (κ1) is 17.6. The van der Waals surface area contributed by atoms with Crippen molar-refractivity contribution in [2.45, 2.75) is 36.4 Å². The first-order chi connectivity index (χ1) is 17.7. The van der Waals surface area contributed by atoms with Gasteiger partial charge in [-0.15, -0.1) is 11.8 Å². The molecular formula is C28H29NO3S. The Hall–Kier alpha value is -2.89. The van der Waals surface area contributed by atoms with Crippen molar-refractivity contribution < 1.29 is 20.4 Å². The van der Waals surface area contributed by atoms with Crippen LogP contribution in [0.4, 0.5) is 0 Å². The minimum atomic E-state index is -2.44. The standard InChI is InChI=1S/C28H29NO3S/c1-3-14-29-16-24(17-29)33-23-11-6-20(7-12-23)28-27(19-4-8-21(30)9-5-19)18(2)25-13-10-22(31)15-26(25)32-28/h4-13,15,24,28,30-31H,3,14,16-17H2,1-2H3/i1D,2D3. The maximum absolute atomic E-state index is 10.1. The van der Waals surface area contributed by atoms with E-state index in [2.05, 4.69) is 4.90 Å². The van der Waals surface area contributed by atoms with Crippen LogP contribution in [0.15, 0.2) is 71.6 Å². The monoisotopic (exact) mass is 463 g/mol. The van der Waals surface area contributed by atoms with Crippen LogP contribution in [-0.2, 0) is 0 Å². The predicted molar refractivity (Wildman–Crippen MR) is 135 cm³/mol. The van der Waals surface area contributed by atoms with E-state index >= 15 is 0 Å². The molecule has 1 unspecified atom stereocenters. The number of fused-ring (bicyclic) bond motifs is 1. The zero-order valence-corrected chi connectivity index (χ0v) is 19.0. The van der Waals surface area contributed by atoms with Crippen LogP contribution in [0.2, 0.25) is 0 Å². The summed E-state index contributed by atoms with van der Waals surface area (Å²) >= 11 is 1.82. The number of phenolic OH excluding ortho intramolecular Hbond substituents is 2. The zero-order valence-electron chi connectivity index (χ0n) is 22.2. The van der Waals surface area contributed by atoms with E-state index in [1.165, 1.54) is 24.3 Å². The number of likely N-dealkylation sites (tertiary alicyclic amines) is 1. The van der Waals surface area contributed by atoms with Crippen LogP contribution < -0.4 is 4.74 Å². The second-order valence-electron chi connectivity index (χ2n) is 8.44. The van der Waals surface area contributed by atoms with E-state index in [4.69, 9.17) is 10.2 Å². The Labute approximate surface area is 205 Å². The van der Waals surface area contributed by atoms with Crippen molar-refractivity contribution in [2.24, 2.45) is 0 Å². The number of benzene rings is 3. The second kappa shape index (κ2) is 9.16. The average molecular weight is 464 g/mol. The third-order valence-corrected chi connectivity index (χ3v) is 7.25. The normalized spacial score (nSPS) is 20.7. The van der Waals surface area contributed by atoms with E-state index in [9.17, 15) is 10.2 Å². The highest BCUT2D eigenvalue weighted by atomic mass is 32.2. The first-order valence-electron chi connectivity index (χ1n) is 13.3. The highest BCUT2D eigenvalue weighted by molar-refractivity contribution is 8.00. The van der Waals surface area contributed by atoms with Gasteiger partial charge in [-0.05, 0) is 72.9 Å². The van der Waals surface area contributed by atoms with E-state index in [0.29, 0.717) is 34.6 Å². The molecule has 5 rings (SSSR count). The van der Waals surface area contributed by atoms with Gasteiger partial charge in [0.05, 0.1) is 0 Å². The first-order valence-corrected chi connectivity index (χ1v) is 11.9. The van der Waals surface area contributed by atoms with Crippen molar-refractivity contribution in [1.29, 1.82) is 0 Å². The van der Waals surface area contributed by atoms with Gasteiger partial charge in [0.15, 0.2) is 0 Å². The van der Waals surface area contributed by atoms with Gasteiger partial charge in [0.1, 0.15) is 23.4 Å². The van der Waals surface area contributed by atoms with Crippen LogP contribution in [0, 0.1) is 0 Å². The van der Waals surface area contributed by atoms with Gasteiger partial charge in [0.25, 0.3) is 0 Å². The Kier molecular flexibility index (Phi) is 4.88. The molecule has 2 aliphatic heterocycles. The van der Waals surface area contributed by atoms with Gasteiger partial charge in [-0.1, -0.05) is 31.2 Å². The summed E-state index contributed by atoms with van der Waals surface area (Å²) in [6.07, 6.45) is 0.195. The lowest BCUT2D eigenvalue weighted by Crippen LogP contribution is -2.48. The molecule has 2 heterocycles. The topological polar surface area (TPSA) is 52.9 Å². The molecule has 1 saturated heterocycles. The smallest absolute Gasteiger partial charge is 0.150 e. The molecule has 1 atom stereocenters. The Bertz CT molecular complexity index is 1290. The fraction of sp³-hybridized carbons (Fsp3) is 0.286. The Balaban J connectivity index is 1.49. The number of thioether (sulfide) groups is 1. The number of aromatic hydroxyl groups is 2. The van der Waals surface area contributed by atoms with Gasteiger partial charge in [0, 0.05) is 45.9 Å². The summed E-state index contributed by atoms with van der Waals surface area (Å²) < 4.78 is 38.8. The fourth-order valence-electron chi connectivity index (χ4n) is 4.37. The van der Waals surface area contributed by atoms with Gasteiger partial charge >= 0.3 is 0 Å². The molecular weight excluding hydrogens is 430 g/mol. The third kappa shape index (κ3) is 4.48. The highest BCUT2D eigenvalue weighted by Crippen LogP contribution is 2.47. The molecule has 33 heavy (non-hydrogen) atoms. The molecule has 0 spiro atoms. The summed E-state index contributed by atoms with van der Waals surface area (Å²) in [5.74, 6) is 0.410. The summed E-state index contributed by atoms with van der Waals surface area (Å²) in [6.45, 7) is 1.05. The molecule has 0 aromatic heterocycles. The summed E-state index contributed by atoms with van der Waals surface area (Å²) in [6, 6.07) is 19.0. The molecule has 5 heteroatoms. The molecule has 0 amide bonds. The highest BCUT2D eigenvalue weighted by Gasteiger charge is 2.30. The van der Waals surface area contributed by atoms with Gasteiger partial charge < -0.3 is 19.8 Å². The Morgan fingerprint density at radius 3 is 2.48 bits per heavy atom. The minimum Gasteiger partial charge on any atom is -0.508 e. The molecule has 2 aliphatic rings. The molecule has 0 bridgehead atoms. The SMILES string of the molecule is [2H]CCCN1CC(Sc2ccc(C3Oc4cc(O)ccc4C(C([2H])([2H])[2H])=C3c3ccc(O)cc3)cc2)C1. The van der Waals surface area contributed by atoms with Crippen molar-refractivity contribution in [1.82, 2.24) is 4.90 Å². The van der Waals surface area contributed by atoms with E-state index in [-0.39, 0.29) is 17.1 Å². The van der Waals surface area contributed by atoms with Gasteiger partial charge in [0.2, 0.25) is 0 Å². The minimum absolute atomic E-state index is 0.000471. The van der Waals surface area contributed by atoms with Gasteiger partial charge in [-0.2, -0.15) is 0 Å². The molecule has 170 valence electrons. The molecule has 3 aromatic carbocycles. The number of ether oxygens (including phenoxy) is 1. The number of hydrogen-bond donors (Lipinski definition) is 2. The van der Waals surface area contributed by atoms with E-state index < -0.39 is 13.0 Å². The lowest BCUT2D eigenvalue weighted by molar-refractivity contribution is 0.191. The zero-order chi connectivity index (χ0) is 26.2. The largest absolute Gasteiger partial charge is 0.508 e. The fourth-order valence-corrected chi connectivity index (χ4v) is 5.61. The lowest BCUT2D eigenvalue weighted by atomic mass is 9.86. The molecule has 0 aliphatic carbocycles. The van der Waals surface area contributed by atoms with E-state index in [0.717, 1.165) is 36.5 Å². The average Bonchev–Trinajstić information content (AvgIpc) is 2.84. The van der Waals surface area contributed by atoms with Crippen LogP contribution in [-0.4, -0.2) is 40.0 Å². The van der Waals surface area contributed by atoms with Gasteiger partial charge in [-0.3, -0.25) is 0 Å². The van der Waals surface area contributed by atoms with Crippen molar-refractivity contribution in [3.05, 3.63) is 83.4 Å². The van der Waals surface area contributed by atoms with Gasteiger partial charge in [-0.25, -0.2) is 0 Å². The van der Waals surface area contributed by atoms with Crippen LogP contribution in [0.25, 0.3) is 11.1 Å². The third-order valence-electron chi connectivity index (χ3n) is 6.07. The number of nitrogens with zero attached hydrogens (tertiary/aromatic N) is 1. The van der Waals surface area contributed by atoms with E-state index in [1.54, 1.807) is 18.2 Å². The maximum Gasteiger partial charge on any atom is 0.150 e. The summed E-state index contributed by atoms with van der Waals surface area (Å²) in [7, 11) is 0. The second-order valence-corrected chi connectivity index (χ2v) is 9.81. The van der Waals surface area contributed by atoms with Crippen molar-refractivity contribution in [3.8, 4) is 17.2 Å². The lowest BCUT2D eigenvalue weighted by Gasteiger charge is -2.38. The number of hydrogen-bond acceptors (Lipinski definition) is 5. The van der Waals surface area contributed by atoms with Crippen LogP contribution in [0.5, 0.6) is 17.2 Å². The maximum atomic E-state index is 10.1. The Morgan fingerprint density at radius 1 is 1.00 bits per heavy atom. The van der Waals surface area contributed by atoms with Crippen LogP contribution in [0.1, 0.15) is 48.4 Å². The molecule has 0 radical (unpaired) electrons. The van der Waals surface area contributed by atoms with Crippen molar-refractivity contribution in [3.63, 3.8) is 0 Å².